The first-order valence-corrected chi connectivity index (χ1v) is 11.1. The van der Waals surface area contributed by atoms with E-state index in [1.165, 1.54) is 25.7 Å². The molecule has 0 radical (unpaired) electrons. The number of rotatable bonds is 10. The lowest BCUT2D eigenvalue weighted by molar-refractivity contribution is 0.269. The molecule has 5 heteroatoms. The number of nitrogens with one attached hydrogen (secondary N) is 1. The number of hydrogen-bond donors (Lipinski definition) is 1. The standard InChI is InChI=1S/C24H29Cl2NO2/c1-2-28-23-14-20(16-27-13-12-18-6-4-3-5-7-18)22(26)15-24(23)29-17-19-8-10-21(25)11-9-19/h6,8-11,14-15,27H,2-5,7,12-13,16-17H2,1H3. The highest BCUT2D eigenvalue weighted by Gasteiger charge is 2.12. The summed E-state index contributed by atoms with van der Waals surface area (Å²) >= 11 is 12.5. The molecule has 3 rings (SSSR count). The molecule has 156 valence electrons. The van der Waals surface area contributed by atoms with E-state index in [0.29, 0.717) is 35.6 Å². The van der Waals surface area contributed by atoms with Crippen LogP contribution in [0.4, 0.5) is 0 Å². The van der Waals surface area contributed by atoms with Crippen molar-refractivity contribution in [2.75, 3.05) is 13.2 Å². The molecule has 0 aromatic heterocycles. The second kappa shape index (κ2) is 11.5. The lowest BCUT2D eigenvalue weighted by Crippen LogP contribution is -2.16. The number of benzene rings is 2. The summed E-state index contributed by atoms with van der Waals surface area (Å²) in [6.07, 6.45) is 8.65. The zero-order chi connectivity index (χ0) is 20.5. The van der Waals surface area contributed by atoms with Crippen LogP contribution in [0.1, 0.15) is 50.2 Å². The number of halogens is 2. The summed E-state index contributed by atoms with van der Waals surface area (Å²) in [4.78, 5) is 0. The molecule has 0 bridgehead atoms. The summed E-state index contributed by atoms with van der Waals surface area (Å²) in [5.41, 5.74) is 3.64. The fourth-order valence-corrected chi connectivity index (χ4v) is 3.79. The van der Waals surface area contributed by atoms with Gasteiger partial charge in [0.15, 0.2) is 11.5 Å². The van der Waals surface area contributed by atoms with Crippen molar-refractivity contribution < 1.29 is 9.47 Å². The molecule has 1 aliphatic carbocycles. The minimum absolute atomic E-state index is 0.431. The van der Waals surface area contributed by atoms with Crippen LogP contribution in [0.15, 0.2) is 48.0 Å². The Hall–Kier alpha value is -1.68. The first kappa shape index (κ1) is 22.0. The van der Waals surface area contributed by atoms with Crippen LogP contribution in [-0.4, -0.2) is 13.2 Å². The molecule has 0 spiro atoms. The Morgan fingerprint density at radius 1 is 1.00 bits per heavy atom. The number of hydrogen-bond acceptors (Lipinski definition) is 3. The minimum Gasteiger partial charge on any atom is -0.490 e. The van der Waals surface area contributed by atoms with Crippen LogP contribution >= 0.6 is 23.2 Å². The van der Waals surface area contributed by atoms with Gasteiger partial charge in [0.25, 0.3) is 0 Å². The monoisotopic (exact) mass is 433 g/mol. The van der Waals surface area contributed by atoms with Crippen molar-refractivity contribution >= 4 is 23.2 Å². The van der Waals surface area contributed by atoms with Crippen molar-refractivity contribution in [3.63, 3.8) is 0 Å². The maximum absolute atomic E-state index is 6.53. The molecule has 0 amide bonds. The molecule has 29 heavy (non-hydrogen) atoms. The summed E-state index contributed by atoms with van der Waals surface area (Å²) in [6, 6.07) is 11.4. The van der Waals surface area contributed by atoms with Crippen LogP contribution in [0, 0.1) is 0 Å². The Kier molecular flexibility index (Phi) is 8.72. The molecule has 1 aliphatic rings. The lowest BCUT2D eigenvalue weighted by atomic mass is 9.97. The zero-order valence-corrected chi connectivity index (χ0v) is 18.5. The molecule has 0 fully saturated rings. The van der Waals surface area contributed by atoms with E-state index in [0.717, 1.165) is 29.8 Å². The van der Waals surface area contributed by atoms with Gasteiger partial charge in [0.05, 0.1) is 6.61 Å². The van der Waals surface area contributed by atoms with E-state index < -0.39 is 0 Å². The molecular formula is C24H29Cl2NO2. The molecule has 0 saturated heterocycles. The van der Waals surface area contributed by atoms with E-state index >= 15 is 0 Å². The molecule has 2 aromatic carbocycles. The van der Waals surface area contributed by atoms with Crippen LogP contribution in [0.5, 0.6) is 11.5 Å². The Balaban J connectivity index is 1.59. The third-order valence-electron chi connectivity index (χ3n) is 5.04. The highest BCUT2D eigenvalue weighted by atomic mass is 35.5. The second-order valence-corrected chi connectivity index (χ2v) is 8.12. The van der Waals surface area contributed by atoms with E-state index in [4.69, 9.17) is 32.7 Å². The van der Waals surface area contributed by atoms with Gasteiger partial charge in [0, 0.05) is 22.7 Å². The quantitative estimate of drug-likeness (QED) is 0.324. The van der Waals surface area contributed by atoms with Gasteiger partial charge in [-0.3, -0.25) is 0 Å². The maximum atomic E-state index is 6.53. The minimum atomic E-state index is 0.431. The normalized spacial score (nSPS) is 13.8. The van der Waals surface area contributed by atoms with Crippen molar-refractivity contribution in [2.24, 2.45) is 0 Å². The number of allylic oxidation sites excluding steroid dienone is 1. The van der Waals surface area contributed by atoms with Gasteiger partial charge in [-0.25, -0.2) is 0 Å². The smallest absolute Gasteiger partial charge is 0.163 e. The van der Waals surface area contributed by atoms with Gasteiger partial charge in [-0.05, 0) is 74.9 Å². The van der Waals surface area contributed by atoms with E-state index in [2.05, 4.69) is 11.4 Å². The van der Waals surface area contributed by atoms with Crippen molar-refractivity contribution in [3.05, 3.63) is 69.2 Å². The Morgan fingerprint density at radius 3 is 2.52 bits per heavy atom. The predicted molar refractivity (Wildman–Crippen MR) is 121 cm³/mol. The first-order valence-electron chi connectivity index (χ1n) is 10.4. The van der Waals surface area contributed by atoms with Crippen LogP contribution in [-0.2, 0) is 13.2 Å². The largest absolute Gasteiger partial charge is 0.490 e. The van der Waals surface area contributed by atoms with Crippen LogP contribution < -0.4 is 14.8 Å². The van der Waals surface area contributed by atoms with E-state index in [1.54, 1.807) is 5.57 Å². The molecule has 0 saturated carbocycles. The molecule has 0 aliphatic heterocycles. The predicted octanol–water partition coefficient (Wildman–Crippen LogP) is 6.95. The summed E-state index contributed by atoms with van der Waals surface area (Å²) in [6.45, 7) is 4.64. The molecular weight excluding hydrogens is 405 g/mol. The Morgan fingerprint density at radius 2 is 1.79 bits per heavy atom. The molecule has 0 atom stereocenters. The summed E-state index contributed by atoms with van der Waals surface area (Å²) in [7, 11) is 0. The summed E-state index contributed by atoms with van der Waals surface area (Å²) < 4.78 is 11.8. The third kappa shape index (κ3) is 6.95. The van der Waals surface area contributed by atoms with Gasteiger partial charge in [-0.15, -0.1) is 0 Å². The van der Waals surface area contributed by atoms with E-state index in [-0.39, 0.29) is 0 Å². The van der Waals surface area contributed by atoms with E-state index in [1.807, 2.05) is 43.3 Å². The first-order chi connectivity index (χ1) is 14.2. The highest BCUT2D eigenvalue weighted by molar-refractivity contribution is 6.31. The zero-order valence-electron chi connectivity index (χ0n) is 17.0. The topological polar surface area (TPSA) is 30.5 Å². The SMILES string of the molecule is CCOc1cc(CNCCC2=CCCCC2)c(Cl)cc1OCc1ccc(Cl)cc1. The van der Waals surface area contributed by atoms with Gasteiger partial charge in [0.1, 0.15) is 6.61 Å². The molecule has 2 aromatic rings. The van der Waals surface area contributed by atoms with Gasteiger partial charge in [0.2, 0.25) is 0 Å². The summed E-state index contributed by atoms with van der Waals surface area (Å²) in [5.74, 6) is 1.38. The Labute approximate surface area is 184 Å². The van der Waals surface area contributed by atoms with Gasteiger partial charge < -0.3 is 14.8 Å². The van der Waals surface area contributed by atoms with Gasteiger partial charge in [-0.1, -0.05) is 47.0 Å². The van der Waals surface area contributed by atoms with Crippen molar-refractivity contribution in [2.45, 2.75) is 52.2 Å². The fourth-order valence-electron chi connectivity index (χ4n) is 3.44. The van der Waals surface area contributed by atoms with Crippen molar-refractivity contribution in [1.29, 1.82) is 0 Å². The highest BCUT2D eigenvalue weighted by Crippen LogP contribution is 2.34. The maximum Gasteiger partial charge on any atom is 0.163 e. The fraction of sp³-hybridized carbons (Fsp3) is 0.417. The van der Waals surface area contributed by atoms with Crippen LogP contribution in [0.2, 0.25) is 10.0 Å². The van der Waals surface area contributed by atoms with Gasteiger partial charge >= 0.3 is 0 Å². The van der Waals surface area contributed by atoms with Crippen LogP contribution in [0.3, 0.4) is 0 Å². The Bertz CT molecular complexity index is 818. The third-order valence-corrected chi connectivity index (χ3v) is 5.65. The molecule has 1 N–H and O–H groups in total. The average Bonchev–Trinajstić information content (AvgIpc) is 2.74. The van der Waals surface area contributed by atoms with Crippen molar-refractivity contribution in [3.8, 4) is 11.5 Å². The number of ether oxygens (including phenoxy) is 2. The molecule has 3 nitrogen and oxygen atoms in total. The lowest BCUT2D eigenvalue weighted by Gasteiger charge is -2.16. The van der Waals surface area contributed by atoms with Crippen LogP contribution in [0.25, 0.3) is 0 Å². The summed E-state index contributed by atoms with van der Waals surface area (Å²) in [5, 5.41) is 4.90. The average molecular weight is 434 g/mol. The van der Waals surface area contributed by atoms with E-state index in [9.17, 15) is 0 Å². The van der Waals surface area contributed by atoms with Crippen molar-refractivity contribution in [1.82, 2.24) is 5.32 Å². The second-order valence-electron chi connectivity index (χ2n) is 7.27. The van der Waals surface area contributed by atoms with Gasteiger partial charge in [-0.2, -0.15) is 0 Å². The molecule has 0 unspecified atom stereocenters. The molecule has 0 heterocycles.